The molecule has 1 unspecified atom stereocenters. The molecular formula is C36H45ClN8. The summed E-state index contributed by atoms with van der Waals surface area (Å²) in [5.74, 6) is 0. The van der Waals surface area contributed by atoms with E-state index < -0.39 is 0 Å². The molecule has 2 aromatic heterocycles. The lowest BCUT2D eigenvalue weighted by Crippen LogP contribution is -2.46. The molecule has 6 rings (SSSR count). The number of nitriles is 1. The van der Waals surface area contributed by atoms with Gasteiger partial charge in [0, 0.05) is 41.4 Å². The van der Waals surface area contributed by atoms with Gasteiger partial charge in [0.2, 0.25) is 0 Å². The van der Waals surface area contributed by atoms with E-state index >= 15 is 0 Å². The van der Waals surface area contributed by atoms with Gasteiger partial charge in [-0.25, -0.2) is 4.68 Å². The molecule has 2 aliphatic rings. The highest BCUT2D eigenvalue weighted by Crippen LogP contribution is 2.39. The number of hydrogen-bond donors (Lipinski definition) is 2. The zero-order valence-corrected chi connectivity index (χ0v) is 27.7. The van der Waals surface area contributed by atoms with Crippen LogP contribution in [0.2, 0.25) is 5.02 Å². The molecular weight excluding hydrogens is 580 g/mol. The summed E-state index contributed by atoms with van der Waals surface area (Å²) in [5, 5.41) is 28.3. The van der Waals surface area contributed by atoms with Crippen LogP contribution in [0.15, 0.2) is 54.9 Å². The Kier molecular flexibility index (Phi) is 9.03. The van der Waals surface area contributed by atoms with Crippen molar-refractivity contribution in [2.75, 3.05) is 23.7 Å². The molecule has 4 aromatic rings. The minimum Gasteiger partial charge on any atom is -0.378 e. The van der Waals surface area contributed by atoms with Crippen molar-refractivity contribution >= 4 is 33.9 Å². The number of hydrogen-bond acceptors (Lipinski definition) is 7. The molecule has 1 aliphatic carbocycles. The van der Waals surface area contributed by atoms with E-state index in [0.717, 1.165) is 66.8 Å². The first-order valence-corrected chi connectivity index (χ1v) is 16.8. The topological polar surface area (TPSA) is 94.7 Å². The Balaban J connectivity index is 1.33. The predicted octanol–water partition coefficient (Wildman–Crippen LogP) is 8.51. The highest BCUT2D eigenvalue weighted by molar-refractivity contribution is 6.35. The molecule has 1 saturated heterocycles. The number of likely N-dealkylation sites (tertiary alicyclic amines) is 1. The third-order valence-corrected chi connectivity index (χ3v) is 10.0. The van der Waals surface area contributed by atoms with Crippen LogP contribution in [0.4, 0.5) is 11.4 Å². The number of aromatic nitrogens is 4. The molecule has 2 N–H and O–H groups in total. The molecule has 236 valence electrons. The zero-order chi connectivity index (χ0) is 31.6. The number of nitrogens with one attached hydrogen (secondary N) is 2. The van der Waals surface area contributed by atoms with Crippen LogP contribution in [0.25, 0.3) is 10.9 Å². The molecule has 9 heteroatoms. The van der Waals surface area contributed by atoms with Crippen LogP contribution in [0, 0.1) is 11.3 Å². The summed E-state index contributed by atoms with van der Waals surface area (Å²) in [6, 6.07) is 16.8. The number of nitrogens with zero attached hydrogens (tertiary/aromatic N) is 6. The number of benzene rings is 2. The van der Waals surface area contributed by atoms with Crippen molar-refractivity contribution in [3.05, 3.63) is 76.7 Å². The number of halogens is 1. The van der Waals surface area contributed by atoms with Crippen molar-refractivity contribution in [2.24, 2.45) is 0 Å². The molecule has 1 aliphatic heterocycles. The predicted molar refractivity (Wildman–Crippen MR) is 183 cm³/mol. The first-order chi connectivity index (χ1) is 21.6. The van der Waals surface area contributed by atoms with Crippen molar-refractivity contribution < 1.29 is 0 Å². The number of rotatable bonds is 7. The van der Waals surface area contributed by atoms with Gasteiger partial charge >= 0.3 is 0 Å². The van der Waals surface area contributed by atoms with Crippen LogP contribution >= 0.6 is 11.6 Å². The molecule has 3 heterocycles. The minimum atomic E-state index is -0.244. The van der Waals surface area contributed by atoms with Gasteiger partial charge in [-0.05, 0) is 71.1 Å². The second-order valence-electron chi connectivity index (χ2n) is 14.1. The van der Waals surface area contributed by atoms with Crippen LogP contribution in [0.1, 0.15) is 108 Å². The van der Waals surface area contributed by atoms with E-state index in [2.05, 4.69) is 88.6 Å². The third-order valence-electron chi connectivity index (χ3n) is 9.73. The van der Waals surface area contributed by atoms with Gasteiger partial charge in [-0.15, -0.1) is 5.10 Å². The van der Waals surface area contributed by atoms with E-state index in [1.54, 1.807) is 6.20 Å². The van der Waals surface area contributed by atoms with E-state index in [-0.39, 0.29) is 17.1 Å². The van der Waals surface area contributed by atoms with E-state index in [0.29, 0.717) is 22.1 Å². The van der Waals surface area contributed by atoms with E-state index in [9.17, 15) is 5.26 Å². The van der Waals surface area contributed by atoms with Gasteiger partial charge in [-0.2, -0.15) is 5.26 Å². The zero-order valence-electron chi connectivity index (χ0n) is 27.0. The summed E-state index contributed by atoms with van der Waals surface area (Å²) >= 11 is 6.91. The average Bonchev–Trinajstić information content (AvgIpc) is 3.42. The van der Waals surface area contributed by atoms with Crippen molar-refractivity contribution in [1.82, 2.24) is 24.9 Å². The first kappa shape index (κ1) is 31.3. The van der Waals surface area contributed by atoms with Gasteiger partial charge < -0.3 is 10.6 Å². The summed E-state index contributed by atoms with van der Waals surface area (Å²) in [7, 11) is 0. The second-order valence-corrected chi connectivity index (χ2v) is 14.5. The fourth-order valence-corrected chi connectivity index (χ4v) is 7.31. The number of anilines is 2. The molecule has 45 heavy (non-hydrogen) atoms. The average molecular weight is 625 g/mol. The standard InChI is InChI=1S/C36H45ClN8/c1-35(2,3)44-18-14-28(15-19-44)45-24-31(42-43-45)33(25-12-8-7-9-13-25)40-27-20-29-32(41-36(4)16-10-5-6-11-17-36)26(22-38)23-39-34(29)30(37)21-27/h7-9,12-13,20-21,23-24,28,33,40H,5-6,10-11,14-19H2,1-4H3,(H,39,41). The van der Waals surface area contributed by atoms with Crippen molar-refractivity contribution in [1.29, 1.82) is 5.26 Å². The van der Waals surface area contributed by atoms with Crippen LogP contribution in [-0.2, 0) is 0 Å². The smallest absolute Gasteiger partial charge is 0.109 e. The molecule has 0 amide bonds. The number of fused-ring (bicyclic) bond motifs is 1. The summed E-state index contributed by atoms with van der Waals surface area (Å²) in [5.41, 5.74) is 4.86. The summed E-state index contributed by atoms with van der Waals surface area (Å²) < 4.78 is 2.05. The number of piperidine rings is 1. The molecule has 0 spiro atoms. The van der Waals surface area contributed by atoms with Gasteiger partial charge in [0.1, 0.15) is 11.8 Å². The Bertz CT molecular complexity index is 1650. The lowest BCUT2D eigenvalue weighted by molar-refractivity contribution is 0.0866. The van der Waals surface area contributed by atoms with Gasteiger partial charge in [0.15, 0.2) is 0 Å². The maximum absolute atomic E-state index is 10.1. The van der Waals surface area contributed by atoms with Crippen LogP contribution in [-0.4, -0.2) is 49.0 Å². The maximum atomic E-state index is 10.1. The van der Waals surface area contributed by atoms with Crippen LogP contribution in [0.5, 0.6) is 0 Å². The molecule has 0 radical (unpaired) electrons. The summed E-state index contributed by atoms with van der Waals surface area (Å²) in [4.78, 5) is 7.15. The molecule has 2 fully saturated rings. The Morgan fingerprint density at radius 1 is 1.04 bits per heavy atom. The van der Waals surface area contributed by atoms with Crippen molar-refractivity contribution in [3.8, 4) is 6.07 Å². The van der Waals surface area contributed by atoms with Gasteiger partial charge in [0.05, 0.1) is 40.1 Å². The van der Waals surface area contributed by atoms with Gasteiger partial charge in [-0.1, -0.05) is 72.8 Å². The van der Waals surface area contributed by atoms with E-state index in [1.807, 2.05) is 24.3 Å². The van der Waals surface area contributed by atoms with E-state index in [1.165, 1.54) is 25.7 Å². The van der Waals surface area contributed by atoms with Crippen molar-refractivity contribution in [2.45, 2.75) is 102 Å². The summed E-state index contributed by atoms with van der Waals surface area (Å²) in [6.45, 7) is 11.2. The lowest BCUT2D eigenvalue weighted by Gasteiger charge is -2.40. The van der Waals surface area contributed by atoms with Crippen LogP contribution in [0.3, 0.4) is 0 Å². The van der Waals surface area contributed by atoms with E-state index in [4.69, 9.17) is 16.7 Å². The molecule has 1 saturated carbocycles. The quantitative estimate of drug-likeness (QED) is 0.199. The lowest BCUT2D eigenvalue weighted by atomic mass is 9.91. The van der Waals surface area contributed by atoms with Gasteiger partial charge in [-0.3, -0.25) is 9.88 Å². The number of pyridine rings is 1. The Morgan fingerprint density at radius 3 is 2.42 bits per heavy atom. The van der Waals surface area contributed by atoms with Gasteiger partial charge in [0.25, 0.3) is 0 Å². The monoisotopic (exact) mass is 624 g/mol. The van der Waals surface area contributed by atoms with Crippen LogP contribution < -0.4 is 10.6 Å². The highest BCUT2D eigenvalue weighted by Gasteiger charge is 2.30. The third kappa shape index (κ3) is 6.95. The van der Waals surface area contributed by atoms with Crippen molar-refractivity contribution in [3.63, 3.8) is 0 Å². The summed E-state index contributed by atoms with van der Waals surface area (Å²) in [6.07, 6.45) is 12.8. The largest absolute Gasteiger partial charge is 0.378 e. The Hall–Kier alpha value is -3.67. The first-order valence-electron chi connectivity index (χ1n) is 16.4. The minimum absolute atomic E-state index is 0.0968. The molecule has 8 nitrogen and oxygen atoms in total. The molecule has 2 aromatic carbocycles. The maximum Gasteiger partial charge on any atom is 0.109 e. The second kappa shape index (κ2) is 13.0. The molecule has 0 bridgehead atoms. The highest BCUT2D eigenvalue weighted by atomic mass is 35.5. The molecule has 1 atom stereocenters. The normalized spacial score (nSPS) is 18.7. The fraction of sp³-hybridized carbons (Fsp3) is 0.500. The Labute approximate surface area is 272 Å². The Morgan fingerprint density at radius 2 is 1.76 bits per heavy atom. The SMILES string of the molecule is CC1(Nc2c(C#N)cnc3c(Cl)cc(NC(c4ccccc4)c4cn(C5CCN(C(C)(C)C)CC5)nn4)cc23)CCCCCC1. The fourth-order valence-electron chi connectivity index (χ4n) is 7.04.